The topological polar surface area (TPSA) is 233 Å². The second-order valence-electron chi connectivity index (χ2n) is 8.18. The van der Waals surface area contributed by atoms with Gasteiger partial charge in [-0.25, -0.2) is 19.7 Å². The van der Waals surface area contributed by atoms with Crippen molar-refractivity contribution in [3.8, 4) is 0 Å². The zero-order valence-electron chi connectivity index (χ0n) is 18.0. The van der Waals surface area contributed by atoms with Crippen molar-refractivity contribution in [2.24, 2.45) is 0 Å². The van der Waals surface area contributed by atoms with Crippen LogP contribution in [0.4, 0.5) is 5.82 Å². The number of fused-ring (bicyclic) bond motifs is 1. The first-order valence-electron chi connectivity index (χ1n) is 10.6. The number of anilines is 1. The molecule has 2 aliphatic heterocycles. The van der Waals surface area contributed by atoms with Crippen molar-refractivity contribution in [2.45, 2.75) is 49.1 Å². The van der Waals surface area contributed by atoms with Crippen LogP contribution in [-0.2, 0) is 14.2 Å². The largest absolute Gasteiger partial charge is 0.394 e. The van der Waals surface area contributed by atoms with Crippen molar-refractivity contribution in [3.05, 3.63) is 45.8 Å². The Labute approximate surface area is 195 Å². The average Bonchev–Trinajstić information content (AvgIpc) is 3.48. The molecule has 0 unspecified atom stereocenters. The molecule has 5 heterocycles. The van der Waals surface area contributed by atoms with Crippen LogP contribution in [0.1, 0.15) is 12.5 Å². The second-order valence-corrected chi connectivity index (χ2v) is 8.18. The molecule has 0 saturated carbocycles. The fourth-order valence-corrected chi connectivity index (χ4v) is 4.29. The molecule has 0 aromatic carbocycles. The van der Waals surface area contributed by atoms with E-state index in [2.05, 4.69) is 19.9 Å². The predicted octanol–water partition coefficient (Wildman–Crippen LogP) is -3.79. The van der Waals surface area contributed by atoms with Crippen molar-refractivity contribution >= 4 is 17.0 Å². The summed E-state index contributed by atoms with van der Waals surface area (Å²) in [4.78, 5) is 37.5. The lowest BCUT2D eigenvalue weighted by Crippen LogP contribution is -2.41. The van der Waals surface area contributed by atoms with Crippen LogP contribution in [0.5, 0.6) is 0 Å². The molecule has 2 aliphatic rings. The lowest BCUT2D eigenvalue weighted by molar-refractivity contribution is -0.110. The Balaban J connectivity index is 1.31. The molecular formula is C19H23N7O9. The monoisotopic (exact) mass is 493 g/mol. The van der Waals surface area contributed by atoms with E-state index in [4.69, 9.17) is 19.9 Å². The number of hydrogen-bond donors (Lipinski definition) is 6. The number of nitrogens with two attached hydrogens (primary N) is 1. The zero-order valence-corrected chi connectivity index (χ0v) is 18.0. The Morgan fingerprint density at radius 3 is 2.51 bits per heavy atom. The summed E-state index contributed by atoms with van der Waals surface area (Å²) in [6.45, 7) is -0.842. The SMILES string of the molecule is Nc1ncnc2c1ncn2[C@@H]1O[C@H](CO[C@H]2[C@@H](O)[C@H](n3ccc(=O)[nH]c3=O)O[C@@H]2CO)[C@@H](O)[C@H]1O. The Kier molecular flexibility index (Phi) is 6.09. The maximum absolute atomic E-state index is 12.1. The quantitative estimate of drug-likeness (QED) is 0.194. The number of aromatic amines is 1. The van der Waals surface area contributed by atoms with Gasteiger partial charge < -0.3 is 40.4 Å². The van der Waals surface area contributed by atoms with E-state index < -0.39 is 66.9 Å². The molecule has 0 aliphatic carbocycles. The van der Waals surface area contributed by atoms with Gasteiger partial charge in [0.15, 0.2) is 23.9 Å². The number of aliphatic hydroxyl groups excluding tert-OH is 4. The van der Waals surface area contributed by atoms with Crippen LogP contribution in [0.25, 0.3) is 11.2 Å². The van der Waals surface area contributed by atoms with E-state index in [0.29, 0.717) is 11.2 Å². The summed E-state index contributed by atoms with van der Waals surface area (Å²) in [5.41, 5.74) is 4.96. The first-order chi connectivity index (χ1) is 16.8. The number of ether oxygens (including phenoxy) is 3. The van der Waals surface area contributed by atoms with Crippen LogP contribution in [0, 0.1) is 0 Å². The third kappa shape index (κ3) is 4.00. The Morgan fingerprint density at radius 1 is 1.03 bits per heavy atom. The predicted molar refractivity (Wildman–Crippen MR) is 114 cm³/mol. The van der Waals surface area contributed by atoms with E-state index in [1.165, 1.54) is 17.2 Å². The van der Waals surface area contributed by atoms with E-state index in [9.17, 15) is 30.0 Å². The molecule has 8 atom stereocenters. The first-order valence-corrected chi connectivity index (χ1v) is 10.6. The summed E-state index contributed by atoms with van der Waals surface area (Å²) < 4.78 is 19.5. The van der Waals surface area contributed by atoms with Gasteiger partial charge in [-0.1, -0.05) is 0 Å². The minimum atomic E-state index is -1.41. The van der Waals surface area contributed by atoms with Crippen molar-refractivity contribution < 1.29 is 34.6 Å². The van der Waals surface area contributed by atoms with Crippen molar-refractivity contribution in [2.75, 3.05) is 18.9 Å². The molecule has 0 spiro atoms. The first kappa shape index (κ1) is 23.5. The number of imidazole rings is 1. The number of aromatic nitrogens is 6. The van der Waals surface area contributed by atoms with Gasteiger partial charge in [0, 0.05) is 12.3 Å². The summed E-state index contributed by atoms with van der Waals surface area (Å²) in [7, 11) is 0. The fourth-order valence-electron chi connectivity index (χ4n) is 4.29. The van der Waals surface area contributed by atoms with E-state index >= 15 is 0 Å². The highest BCUT2D eigenvalue weighted by Crippen LogP contribution is 2.34. The van der Waals surface area contributed by atoms with Gasteiger partial charge in [-0.3, -0.25) is 18.9 Å². The zero-order chi connectivity index (χ0) is 24.9. The maximum atomic E-state index is 12.1. The van der Waals surface area contributed by atoms with Gasteiger partial charge in [0.05, 0.1) is 19.5 Å². The third-order valence-corrected chi connectivity index (χ3v) is 6.07. The Bertz CT molecular complexity index is 1330. The lowest BCUT2D eigenvalue weighted by Gasteiger charge is -2.23. The summed E-state index contributed by atoms with van der Waals surface area (Å²) in [5, 5.41) is 41.5. The molecular weight excluding hydrogens is 470 g/mol. The van der Waals surface area contributed by atoms with Gasteiger partial charge in [-0.2, -0.15) is 0 Å². The normalized spacial score (nSPS) is 33.0. The molecule has 0 amide bonds. The summed E-state index contributed by atoms with van der Waals surface area (Å²) >= 11 is 0. The molecule has 2 saturated heterocycles. The van der Waals surface area contributed by atoms with Gasteiger partial charge in [0.2, 0.25) is 0 Å². The smallest absolute Gasteiger partial charge is 0.330 e. The Hall–Kier alpha value is -3.25. The van der Waals surface area contributed by atoms with Gasteiger partial charge in [-0.05, 0) is 0 Å². The number of nitrogens with one attached hydrogen (secondary N) is 1. The summed E-state index contributed by atoms with van der Waals surface area (Å²) in [5.74, 6) is 0.142. The van der Waals surface area contributed by atoms with Crippen molar-refractivity contribution in [3.63, 3.8) is 0 Å². The second kappa shape index (κ2) is 9.08. The molecule has 16 heteroatoms. The Morgan fingerprint density at radius 2 is 1.77 bits per heavy atom. The van der Waals surface area contributed by atoms with Crippen LogP contribution < -0.4 is 17.0 Å². The molecule has 188 valence electrons. The molecule has 3 aromatic heterocycles. The van der Waals surface area contributed by atoms with Gasteiger partial charge >= 0.3 is 5.69 Å². The molecule has 35 heavy (non-hydrogen) atoms. The standard InChI is InChI=1S/C19H23N7O9/c20-15-10-16(22-5-21-15)26(6-23-10)17-12(30)11(29)8(35-17)4-33-14-7(3-27)34-18(13(14)31)25-2-1-9(28)24-19(25)32/h1-2,5-8,11-14,17-18,27,29-31H,3-4H2,(H2,20,21,22)(H,24,28,32)/t7-,8-,11-,12-,13-,14-,17-,18-/m1/s1. The van der Waals surface area contributed by atoms with Gasteiger partial charge in [-0.15, -0.1) is 0 Å². The molecule has 5 rings (SSSR count). The minimum absolute atomic E-state index is 0.142. The van der Waals surface area contributed by atoms with E-state index in [0.717, 1.165) is 16.8 Å². The molecule has 16 nitrogen and oxygen atoms in total. The molecule has 0 radical (unpaired) electrons. The number of nitrogens with zero attached hydrogens (tertiary/aromatic N) is 5. The summed E-state index contributed by atoms with van der Waals surface area (Å²) in [6.07, 6.45) is -5.90. The highest BCUT2D eigenvalue weighted by atomic mass is 16.6. The number of aliphatic hydroxyl groups is 4. The molecule has 0 bridgehead atoms. The number of rotatable bonds is 6. The van der Waals surface area contributed by atoms with Crippen LogP contribution in [-0.4, -0.2) is 99.3 Å². The van der Waals surface area contributed by atoms with Crippen LogP contribution >= 0.6 is 0 Å². The van der Waals surface area contributed by atoms with Crippen molar-refractivity contribution in [1.29, 1.82) is 0 Å². The molecule has 2 fully saturated rings. The van der Waals surface area contributed by atoms with Gasteiger partial charge in [0.1, 0.15) is 48.5 Å². The highest BCUT2D eigenvalue weighted by molar-refractivity contribution is 5.81. The van der Waals surface area contributed by atoms with Crippen molar-refractivity contribution in [1.82, 2.24) is 29.1 Å². The van der Waals surface area contributed by atoms with E-state index in [1.807, 2.05) is 0 Å². The van der Waals surface area contributed by atoms with Crippen LogP contribution in [0.3, 0.4) is 0 Å². The van der Waals surface area contributed by atoms with E-state index in [-0.39, 0.29) is 12.4 Å². The van der Waals surface area contributed by atoms with Crippen LogP contribution in [0.15, 0.2) is 34.5 Å². The van der Waals surface area contributed by atoms with Gasteiger partial charge in [0.25, 0.3) is 5.56 Å². The molecule has 3 aromatic rings. The maximum Gasteiger partial charge on any atom is 0.330 e. The number of nitrogen functional groups attached to an aromatic ring is 1. The highest BCUT2D eigenvalue weighted by Gasteiger charge is 2.48. The fraction of sp³-hybridized carbons (Fsp3) is 0.526. The van der Waals surface area contributed by atoms with Crippen LogP contribution in [0.2, 0.25) is 0 Å². The third-order valence-electron chi connectivity index (χ3n) is 6.07. The average molecular weight is 493 g/mol. The van der Waals surface area contributed by atoms with E-state index in [1.54, 1.807) is 0 Å². The molecule has 7 N–H and O–H groups in total. The lowest BCUT2D eigenvalue weighted by atomic mass is 10.1. The minimum Gasteiger partial charge on any atom is -0.394 e. The summed E-state index contributed by atoms with van der Waals surface area (Å²) in [6, 6.07) is 1.09. The number of H-pyrrole nitrogens is 1. The number of hydrogen-bond acceptors (Lipinski definition) is 13.